The zero-order valence-corrected chi connectivity index (χ0v) is 17.4. The van der Waals surface area contributed by atoms with Crippen LogP contribution in [-0.4, -0.2) is 34.4 Å². The van der Waals surface area contributed by atoms with Gasteiger partial charge in [0, 0.05) is 36.8 Å². The van der Waals surface area contributed by atoms with Gasteiger partial charge in [0.2, 0.25) is 0 Å². The molecule has 0 bridgehead atoms. The highest BCUT2D eigenvalue weighted by Gasteiger charge is 2.31. The molecule has 0 saturated carbocycles. The van der Waals surface area contributed by atoms with E-state index < -0.39 is 35.0 Å². The number of likely N-dealkylation sites (N-methyl/N-ethyl adjacent to an activating group) is 1. The smallest absolute Gasteiger partial charge is 0.270 e. The van der Waals surface area contributed by atoms with Gasteiger partial charge in [-0.1, -0.05) is 11.6 Å². The molecule has 32 heavy (non-hydrogen) atoms. The lowest BCUT2D eigenvalue weighted by molar-refractivity contribution is 0.0718. The molecule has 1 amide bonds. The van der Waals surface area contributed by atoms with Crippen LogP contribution in [0.3, 0.4) is 0 Å². The predicted octanol–water partition coefficient (Wildman–Crippen LogP) is 4.00. The van der Waals surface area contributed by atoms with Crippen molar-refractivity contribution in [1.82, 2.24) is 20.2 Å². The maximum atomic E-state index is 14.1. The van der Waals surface area contributed by atoms with Crippen molar-refractivity contribution in [2.75, 3.05) is 13.6 Å². The van der Waals surface area contributed by atoms with E-state index in [9.17, 15) is 22.8 Å². The van der Waals surface area contributed by atoms with Gasteiger partial charge in [0.1, 0.15) is 11.5 Å². The van der Waals surface area contributed by atoms with Crippen molar-refractivity contribution >= 4 is 39.2 Å². The lowest BCUT2D eigenvalue weighted by Gasteiger charge is -2.34. The van der Waals surface area contributed by atoms with Crippen LogP contribution in [0.25, 0.3) is 21.7 Å². The number of carbonyl (C=O) groups is 1. The van der Waals surface area contributed by atoms with Crippen LogP contribution in [-0.2, 0) is 6.54 Å². The largest absolute Gasteiger partial charge is 0.350 e. The number of fused-ring (bicyclic) bond motifs is 4. The fourth-order valence-corrected chi connectivity index (χ4v) is 4.55. The maximum absolute atomic E-state index is 14.1. The van der Waals surface area contributed by atoms with Crippen LogP contribution in [0.1, 0.15) is 27.8 Å². The minimum atomic E-state index is -1.12. The van der Waals surface area contributed by atoms with Crippen molar-refractivity contribution in [3.63, 3.8) is 0 Å². The van der Waals surface area contributed by atoms with Gasteiger partial charge in [0.15, 0.2) is 11.6 Å². The van der Waals surface area contributed by atoms with Crippen molar-refractivity contribution in [2.45, 2.75) is 12.6 Å². The van der Waals surface area contributed by atoms with Crippen molar-refractivity contribution in [3.8, 4) is 0 Å². The Hall–Kier alpha value is -3.30. The summed E-state index contributed by atoms with van der Waals surface area (Å²) in [6.07, 6.45) is 0. The van der Waals surface area contributed by atoms with Gasteiger partial charge in [-0.15, -0.1) is 0 Å². The molecule has 164 valence electrons. The number of H-pyrrole nitrogens is 2. The van der Waals surface area contributed by atoms with Crippen LogP contribution in [0.2, 0.25) is 5.02 Å². The van der Waals surface area contributed by atoms with Crippen LogP contribution < -0.4 is 10.9 Å². The second kappa shape index (κ2) is 7.39. The van der Waals surface area contributed by atoms with E-state index in [1.165, 1.54) is 17.0 Å². The Kier molecular flexibility index (Phi) is 4.75. The summed E-state index contributed by atoms with van der Waals surface area (Å²) in [7, 11) is 1.56. The minimum absolute atomic E-state index is 0.00303. The molecular formula is C22H16ClF3N4O2. The fourth-order valence-electron chi connectivity index (χ4n) is 4.29. The third-order valence-corrected chi connectivity index (χ3v) is 6.14. The van der Waals surface area contributed by atoms with Gasteiger partial charge in [-0.2, -0.15) is 0 Å². The number of carbonyl (C=O) groups excluding carboxylic acids is 1. The Bertz CT molecular complexity index is 1480. The van der Waals surface area contributed by atoms with E-state index in [0.717, 1.165) is 18.2 Å². The highest BCUT2D eigenvalue weighted by molar-refractivity contribution is 6.35. The summed E-state index contributed by atoms with van der Waals surface area (Å²) in [6.45, 7) is 0.629. The number of aromatic nitrogens is 2. The van der Waals surface area contributed by atoms with Gasteiger partial charge < -0.3 is 20.2 Å². The molecule has 1 unspecified atom stereocenters. The zero-order chi connectivity index (χ0) is 22.7. The number of aromatic amines is 2. The first-order chi connectivity index (χ1) is 15.2. The molecule has 2 aromatic carbocycles. The number of hydrogen-bond acceptors (Lipinski definition) is 3. The average molecular weight is 461 g/mol. The van der Waals surface area contributed by atoms with Gasteiger partial charge in [-0.25, -0.2) is 13.2 Å². The summed E-state index contributed by atoms with van der Waals surface area (Å²) in [5.41, 5.74) is 1.05. The van der Waals surface area contributed by atoms with Crippen molar-refractivity contribution in [2.24, 2.45) is 0 Å². The summed E-state index contributed by atoms with van der Waals surface area (Å²) in [4.78, 5) is 32.7. The first-order valence-electron chi connectivity index (χ1n) is 9.74. The van der Waals surface area contributed by atoms with E-state index in [4.69, 9.17) is 11.6 Å². The molecule has 3 heterocycles. The highest BCUT2D eigenvalue weighted by Crippen LogP contribution is 2.33. The maximum Gasteiger partial charge on any atom is 0.270 e. The van der Waals surface area contributed by atoms with Crippen molar-refractivity contribution in [1.29, 1.82) is 0 Å². The molecule has 3 N–H and O–H groups in total. The molecular weight excluding hydrogens is 445 g/mol. The molecule has 1 aliphatic heterocycles. The number of halogens is 4. The molecule has 1 atom stereocenters. The topological polar surface area (TPSA) is 81.0 Å². The number of benzene rings is 2. The van der Waals surface area contributed by atoms with E-state index >= 15 is 0 Å². The van der Waals surface area contributed by atoms with Gasteiger partial charge in [0.25, 0.3) is 11.5 Å². The normalized spacial score (nSPS) is 15.8. The Morgan fingerprint density at radius 3 is 2.50 bits per heavy atom. The Labute approximate surface area is 184 Å². The molecule has 4 aromatic rings. The quantitative estimate of drug-likeness (QED) is 0.423. The summed E-state index contributed by atoms with van der Waals surface area (Å²) >= 11 is 6.09. The third kappa shape index (κ3) is 3.16. The van der Waals surface area contributed by atoms with Gasteiger partial charge in [-0.05, 0) is 35.7 Å². The highest BCUT2D eigenvalue weighted by atomic mass is 35.5. The first kappa shape index (κ1) is 20.6. The summed E-state index contributed by atoms with van der Waals surface area (Å²) in [5, 5.41) is 4.04. The van der Waals surface area contributed by atoms with Gasteiger partial charge >= 0.3 is 0 Å². The van der Waals surface area contributed by atoms with Crippen molar-refractivity contribution in [3.05, 3.63) is 80.1 Å². The third-order valence-electron chi connectivity index (χ3n) is 5.83. The van der Waals surface area contributed by atoms with Crippen LogP contribution in [0.15, 0.2) is 35.1 Å². The molecule has 0 fully saturated rings. The molecule has 10 heteroatoms. The monoisotopic (exact) mass is 460 g/mol. The fraction of sp³-hybridized carbons (Fsp3) is 0.182. The van der Waals surface area contributed by atoms with Gasteiger partial charge in [0.05, 0.1) is 22.0 Å². The molecule has 0 spiro atoms. The summed E-state index contributed by atoms with van der Waals surface area (Å²) < 4.78 is 41.5. The zero-order valence-electron chi connectivity index (χ0n) is 16.7. The standard InChI is InChI=1S/C22H16ClF3N4O2/c1-30(22(32)17-6-12-13(23)2-9(24)3-16(12)28-17)19-8-27-7-18-20(19)10-4-14(25)15(26)5-11(10)21(31)29-18/h2-6,19,27-28H,7-8H2,1H3,(H,29,31). The van der Waals surface area contributed by atoms with E-state index in [-0.39, 0.29) is 21.5 Å². The lowest BCUT2D eigenvalue weighted by Crippen LogP contribution is -2.42. The minimum Gasteiger partial charge on any atom is -0.350 e. The van der Waals surface area contributed by atoms with E-state index in [0.29, 0.717) is 35.2 Å². The second-order valence-electron chi connectivity index (χ2n) is 7.75. The SMILES string of the molecule is CN(C(=O)c1cc2c(Cl)cc(F)cc2[nH]1)C1CNCc2[nH]c(=O)c3cc(F)c(F)cc3c21. The number of nitrogens with one attached hydrogen (secondary N) is 3. The molecule has 1 aliphatic rings. The Morgan fingerprint density at radius 2 is 1.75 bits per heavy atom. The molecule has 6 nitrogen and oxygen atoms in total. The molecule has 0 saturated heterocycles. The number of nitrogens with zero attached hydrogens (tertiary/aromatic N) is 1. The van der Waals surface area contributed by atoms with Crippen LogP contribution in [0.5, 0.6) is 0 Å². The van der Waals surface area contributed by atoms with E-state index in [1.807, 2.05) is 0 Å². The van der Waals surface area contributed by atoms with Crippen LogP contribution in [0, 0.1) is 17.5 Å². The Balaban J connectivity index is 1.62. The van der Waals surface area contributed by atoms with Gasteiger partial charge in [-0.3, -0.25) is 9.59 Å². The number of rotatable bonds is 2. The number of pyridine rings is 1. The molecule has 2 aromatic heterocycles. The first-order valence-corrected chi connectivity index (χ1v) is 10.1. The average Bonchev–Trinajstić information content (AvgIpc) is 3.18. The summed E-state index contributed by atoms with van der Waals surface area (Å²) in [5.74, 6) is -3.16. The Morgan fingerprint density at radius 1 is 1.03 bits per heavy atom. The van der Waals surface area contributed by atoms with Crippen LogP contribution >= 0.6 is 11.6 Å². The lowest BCUT2D eigenvalue weighted by atomic mass is 9.93. The second-order valence-corrected chi connectivity index (χ2v) is 8.16. The molecule has 0 radical (unpaired) electrons. The number of hydrogen-bond donors (Lipinski definition) is 3. The summed E-state index contributed by atoms with van der Waals surface area (Å²) in [6, 6.07) is 5.19. The van der Waals surface area contributed by atoms with Crippen molar-refractivity contribution < 1.29 is 18.0 Å². The predicted molar refractivity (Wildman–Crippen MR) is 114 cm³/mol. The van der Waals surface area contributed by atoms with E-state index in [2.05, 4.69) is 15.3 Å². The molecule has 0 aliphatic carbocycles. The molecule has 5 rings (SSSR count). The number of amides is 1. The van der Waals surface area contributed by atoms with E-state index in [1.54, 1.807) is 7.05 Å². The van der Waals surface area contributed by atoms with Crippen LogP contribution in [0.4, 0.5) is 13.2 Å².